The fraction of sp³-hybridized carbons (Fsp3) is 0.438. The van der Waals surface area contributed by atoms with Gasteiger partial charge in [0.05, 0.1) is 17.3 Å². The van der Waals surface area contributed by atoms with Crippen molar-refractivity contribution in [1.82, 2.24) is 19.7 Å². The molecule has 2 aromatic heterocycles. The number of anilines is 1. The van der Waals surface area contributed by atoms with E-state index in [9.17, 15) is 4.79 Å². The zero-order chi connectivity index (χ0) is 16.4. The molecule has 1 aliphatic heterocycles. The molecule has 3 heterocycles. The molecular weight excluding hydrogens is 314 g/mol. The summed E-state index contributed by atoms with van der Waals surface area (Å²) in [6.45, 7) is 0.993. The highest BCUT2D eigenvalue weighted by atomic mass is 35.5. The Balaban J connectivity index is 1.77. The minimum absolute atomic E-state index is 0.0653. The topological polar surface area (TPSA) is 54.3 Å². The normalized spacial score (nSPS) is 17.5. The Kier molecular flexibility index (Phi) is 4.52. The van der Waals surface area contributed by atoms with Gasteiger partial charge in [0.1, 0.15) is 12.4 Å². The average molecular weight is 334 g/mol. The number of carbonyl (C=O) groups is 1. The zero-order valence-electron chi connectivity index (χ0n) is 13.3. The maximum absolute atomic E-state index is 12.6. The molecule has 3 rings (SSSR count). The smallest absolute Gasteiger partial charge is 0.244 e. The number of hydrogen-bond donors (Lipinski definition) is 0. The van der Waals surface area contributed by atoms with E-state index in [4.69, 9.17) is 11.6 Å². The molecule has 1 atom stereocenters. The van der Waals surface area contributed by atoms with E-state index in [1.807, 2.05) is 30.0 Å². The molecule has 1 fully saturated rings. The first-order valence-corrected chi connectivity index (χ1v) is 8.03. The summed E-state index contributed by atoms with van der Waals surface area (Å²) in [4.78, 5) is 20.9. The van der Waals surface area contributed by atoms with Gasteiger partial charge >= 0.3 is 0 Å². The zero-order valence-corrected chi connectivity index (χ0v) is 14.1. The van der Waals surface area contributed by atoms with E-state index >= 15 is 0 Å². The number of hydrogen-bond acceptors (Lipinski definition) is 4. The fourth-order valence-corrected chi connectivity index (χ4v) is 3.11. The Labute approximate surface area is 140 Å². The highest BCUT2D eigenvalue weighted by Gasteiger charge is 2.30. The van der Waals surface area contributed by atoms with Crippen LogP contribution in [-0.2, 0) is 11.3 Å². The quantitative estimate of drug-likeness (QED) is 0.862. The molecule has 23 heavy (non-hydrogen) atoms. The van der Waals surface area contributed by atoms with Crippen molar-refractivity contribution in [1.29, 1.82) is 0 Å². The summed E-state index contributed by atoms with van der Waals surface area (Å²) in [5.74, 6) is 0.969. The average Bonchev–Trinajstić information content (AvgIpc) is 3.16. The molecule has 7 heteroatoms. The number of carbonyl (C=O) groups excluding carboxylic acids is 1. The van der Waals surface area contributed by atoms with Crippen LogP contribution in [0.3, 0.4) is 0 Å². The molecule has 6 nitrogen and oxygen atoms in total. The van der Waals surface area contributed by atoms with Crippen molar-refractivity contribution in [3.05, 3.63) is 41.3 Å². The van der Waals surface area contributed by atoms with E-state index in [0.717, 1.165) is 30.8 Å². The first-order chi connectivity index (χ1) is 11.0. The molecule has 0 bridgehead atoms. The molecule has 0 spiro atoms. The maximum Gasteiger partial charge on any atom is 0.244 e. The van der Waals surface area contributed by atoms with Gasteiger partial charge in [-0.2, -0.15) is 5.10 Å². The molecule has 2 aromatic rings. The fourth-order valence-electron chi connectivity index (χ4n) is 2.95. The van der Waals surface area contributed by atoms with E-state index in [1.165, 1.54) is 0 Å². The lowest BCUT2D eigenvalue weighted by Gasteiger charge is -2.26. The number of halogens is 1. The van der Waals surface area contributed by atoms with Gasteiger partial charge in [0.2, 0.25) is 5.91 Å². The third kappa shape index (κ3) is 3.47. The first kappa shape index (κ1) is 15.8. The lowest BCUT2D eigenvalue weighted by Crippen LogP contribution is -2.33. The Morgan fingerprint density at radius 2 is 2.30 bits per heavy atom. The molecule has 122 valence electrons. The predicted octanol–water partition coefficient (Wildman–Crippen LogP) is 2.36. The molecule has 0 N–H and O–H groups in total. The number of likely N-dealkylation sites (tertiary alicyclic amines) is 1. The van der Waals surface area contributed by atoms with Crippen LogP contribution < -0.4 is 4.90 Å². The Hall–Kier alpha value is -2.08. The second kappa shape index (κ2) is 6.58. The van der Waals surface area contributed by atoms with Gasteiger partial charge < -0.3 is 9.80 Å². The Morgan fingerprint density at radius 3 is 3.00 bits per heavy atom. The van der Waals surface area contributed by atoms with Crippen molar-refractivity contribution in [2.24, 2.45) is 0 Å². The first-order valence-electron chi connectivity index (χ1n) is 7.65. The summed E-state index contributed by atoms with van der Waals surface area (Å²) >= 11 is 5.86. The van der Waals surface area contributed by atoms with Crippen molar-refractivity contribution < 1.29 is 4.79 Å². The number of nitrogens with zero attached hydrogens (tertiary/aromatic N) is 5. The van der Waals surface area contributed by atoms with Gasteiger partial charge in [0.15, 0.2) is 0 Å². The second-order valence-corrected chi connectivity index (χ2v) is 6.38. The van der Waals surface area contributed by atoms with Crippen molar-refractivity contribution in [3.63, 3.8) is 0 Å². The molecule has 0 aliphatic carbocycles. The van der Waals surface area contributed by atoms with Crippen molar-refractivity contribution >= 4 is 23.3 Å². The summed E-state index contributed by atoms with van der Waals surface area (Å²) < 4.78 is 1.58. The molecule has 1 saturated heterocycles. The van der Waals surface area contributed by atoms with E-state index in [0.29, 0.717) is 5.02 Å². The summed E-state index contributed by atoms with van der Waals surface area (Å²) in [6, 6.07) is 4.16. The van der Waals surface area contributed by atoms with Crippen LogP contribution in [0.1, 0.15) is 24.4 Å². The molecule has 0 aromatic carbocycles. The van der Waals surface area contributed by atoms with E-state index < -0.39 is 0 Å². The number of aromatic nitrogens is 3. The number of rotatable bonds is 4. The maximum atomic E-state index is 12.6. The van der Waals surface area contributed by atoms with E-state index in [-0.39, 0.29) is 18.5 Å². The van der Waals surface area contributed by atoms with Crippen LogP contribution >= 0.6 is 11.6 Å². The molecule has 0 radical (unpaired) electrons. The summed E-state index contributed by atoms with van der Waals surface area (Å²) in [5.41, 5.74) is 1.13. The molecule has 0 unspecified atom stereocenters. The summed E-state index contributed by atoms with van der Waals surface area (Å²) in [7, 11) is 3.93. The van der Waals surface area contributed by atoms with Gasteiger partial charge in [-0.25, -0.2) is 4.98 Å². The highest BCUT2D eigenvalue weighted by Crippen LogP contribution is 2.33. The predicted molar refractivity (Wildman–Crippen MR) is 89.5 cm³/mol. The van der Waals surface area contributed by atoms with Gasteiger partial charge in [-0.15, -0.1) is 0 Å². The van der Waals surface area contributed by atoms with Crippen LogP contribution in [0.5, 0.6) is 0 Å². The standard InChI is InChI=1S/C16H20ClN5O/c1-20(2)15-8-12(5-6-18-15)14-4-3-7-22(14)16(23)11-21-10-13(17)9-19-21/h5-6,8-10,14H,3-4,7,11H2,1-2H3/t14-/m1/s1. The van der Waals surface area contributed by atoms with Gasteiger partial charge in [-0.3, -0.25) is 9.48 Å². The number of pyridine rings is 1. The summed E-state index contributed by atoms with van der Waals surface area (Å²) in [5, 5.41) is 4.62. The van der Waals surface area contributed by atoms with Crippen LogP contribution in [0.4, 0.5) is 5.82 Å². The largest absolute Gasteiger partial charge is 0.363 e. The molecule has 1 aliphatic rings. The van der Waals surface area contributed by atoms with Crippen LogP contribution in [0.2, 0.25) is 5.02 Å². The minimum Gasteiger partial charge on any atom is -0.363 e. The highest BCUT2D eigenvalue weighted by molar-refractivity contribution is 6.30. The third-order valence-electron chi connectivity index (χ3n) is 4.08. The lowest BCUT2D eigenvalue weighted by molar-refractivity contribution is -0.133. The van der Waals surface area contributed by atoms with Gasteiger partial charge in [0, 0.05) is 33.0 Å². The van der Waals surface area contributed by atoms with Crippen LogP contribution in [0, 0.1) is 0 Å². The van der Waals surface area contributed by atoms with E-state index in [1.54, 1.807) is 23.3 Å². The SMILES string of the molecule is CN(C)c1cc([C@H]2CCCN2C(=O)Cn2cc(Cl)cn2)ccn1. The van der Waals surface area contributed by atoms with Crippen LogP contribution in [0.25, 0.3) is 0 Å². The lowest BCUT2D eigenvalue weighted by atomic mass is 10.1. The molecule has 0 saturated carbocycles. The number of amides is 1. The van der Waals surface area contributed by atoms with E-state index in [2.05, 4.69) is 16.1 Å². The monoisotopic (exact) mass is 333 g/mol. The Morgan fingerprint density at radius 1 is 1.48 bits per heavy atom. The third-order valence-corrected chi connectivity index (χ3v) is 4.28. The Bertz CT molecular complexity index is 699. The molecule has 1 amide bonds. The molecular formula is C16H20ClN5O. The van der Waals surface area contributed by atoms with Gasteiger partial charge in [-0.05, 0) is 30.5 Å². The van der Waals surface area contributed by atoms with Gasteiger partial charge in [-0.1, -0.05) is 11.6 Å². The van der Waals surface area contributed by atoms with Crippen molar-refractivity contribution in [2.75, 3.05) is 25.5 Å². The van der Waals surface area contributed by atoms with Crippen molar-refractivity contribution in [3.8, 4) is 0 Å². The second-order valence-electron chi connectivity index (χ2n) is 5.94. The summed E-state index contributed by atoms with van der Waals surface area (Å²) in [6.07, 6.45) is 7.00. The minimum atomic E-state index is 0.0653. The van der Waals surface area contributed by atoms with Crippen molar-refractivity contribution in [2.45, 2.75) is 25.4 Å². The van der Waals surface area contributed by atoms with Crippen LogP contribution in [0.15, 0.2) is 30.7 Å². The van der Waals surface area contributed by atoms with Crippen LogP contribution in [-0.4, -0.2) is 46.2 Å². The van der Waals surface area contributed by atoms with Gasteiger partial charge in [0.25, 0.3) is 0 Å².